The van der Waals surface area contributed by atoms with E-state index in [-0.39, 0.29) is 28.7 Å². The Balaban J connectivity index is 3.21. The summed E-state index contributed by atoms with van der Waals surface area (Å²) in [7, 11) is 1.48. The number of benzene rings is 1. The average Bonchev–Trinajstić information content (AvgIpc) is 2.52. The van der Waals surface area contributed by atoms with Crippen LogP contribution in [0.15, 0.2) is 12.1 Å². The van der Waals surface area contributed by atoms with Crippen molar-refractivity contribution in [1.82, 2.24) is 5.32 Å². The van der Waals surface area contributed by atoms with Gasteiger partial charge in [0.2, 0.25) is 0 Å². The Morgan fingerprint density at radius 3 is 2.26 bits per heavy atom. The lowest BCUT2D eigenvalue weighted by Gasteiger charge is -2.29. The molecule has 1 aromatic carbocycles. The van der Waals surface area contributed by atoms with Crippen molar-refractivity contribution in [2.24, 2.45) is 0 Å². The zero-order valence-corrected chi connectivity index (χ0v) is 17.6. The van der Waals surface area contributed by atoms with Crippen molar-refractivity contribution >= 4 is 23.5 Å². The third kappa shape index (κ3) is 6.92. The van der Waals surface area contributed by atoms with E-state index in [9.17, 15) is 14.7 Å². The van der Waals surface area contributed by atoms with E-state index in [1.54, 1.807) is 41.5 Å². The van der Waals surface area contributed by atoms with E-state index in [1.165, 1.54) is 19.2 Å². The van der Waals surface area contributed by atoms with E-state index < -0.39 is 29.2 Å². The largest absolute Gasteiger partial charge is 0.490 e. The number of hydrogen-bond donors (Lipinski definition) is 2. The molecule has 0 aromatic heterocycles. The Labute approximate surface area is 164 Å². The quantitative estimate of drug-likeness (QED) is 0.682. The van der Waals surface area contributed by atoms with Crippen LogP contribution in [0.5, 0.6) is 11.5 Å². The lowest BCUT2D eigenvalue weighted by atomic mass is 10.1. The van der Waals surface area contributed by atoms with Gasteiger partial charge in [-0.15, -0.1) is 0 Å². The Morgan fingerprint density at radius 1 is 1.19 bits per heavy atom. The minimum absolute atomic E-state index is 0.0273. The molecule has 0 fully saturated rings. The highest BCUT2D eigenvalue weighted by Gasteiger charge is 2.35. The minimum atomic E-state index is -1.33. The second kappa shape index (κ2) is 8.80. The number of halogens is 1. The molecule has 1 atom stereocenters. The van der Waals surface area contributed by atoms with Crippen LogP contribution in [0, 0.1) is 0 Å². The normalized spacial score (nSPS) is 12.9. The Kier molecular flexibility index (Phi) is 7.51. The summed E-state index contributed by atoms with van der Waals surface area (Å²) in [4.78, 5) is 24.5. The highest BCUT2D eigenvalue weighted by Crippen LogP contribution is 2.35. The van der Waals surface area contributed by atoms with Crippen molar-refractivity contribution in [3.63, 3.8) is 0 Å². The van der Waals surface area contributed by atoms with Crippen LogP contribution in [-0.2, 0) is 9.53 Å². The van der Waals surface area contributed by atoms with E-state index in [0.29, 0.717) is 0 Å². The van der Waals surface area contributed by atoms with Gasteiger partial charge in [0.05, 0.1) is 16.7 Å². The van der Waals surface area contributed by atoms with Crippen molar-refractivity contribution in [1.29, 1.82) is 0 Å². The maximum absolute atomic E-state index is 12.4. The second-order valence-corrected chi connectivity index (χ2v) is 8.04. The molecular formula is C19H28ClNO6. The molecule has 1 rings (SSSR count). The van der Waals surface area contributed by atoms with Gasteiger partial charge in [0, 0.05) is 13.1 Å². The van der Waals surface area contributed by atoms with Crippen LogP contribution in [-0.4, -0.2) is 47.9 Å². The Morgan fingerprint density at radius 2 is 1.78 bits per heavy atom. The van der Waals surface area contributed by atoms with Gasteiger partial charge in [0.15, 0.2) is 5.60 Å². The van der Waals surface area contributed by atoms with Crippen LogP contribution in [0.2, 0.25) is 5.02 Å². The average molecular weight is 402 g/mol. The fourth-order valence-corrected chi connectivity index (χ4v) is 2.17. The SMILES string of the molecule is CNC(=O)c1cc(Cl)c(OC(C)(C)C(=O)OC(C)(C)C)cc1OC[C@H](C)O. The lowest BCUT2D eigenvalue weighted by Crippen LogP contribution is -2.43. The van der Waals surface area contributed by atoms with Gasteiger partial charge in [-0.2, -0.15) is 0 Å². The fraction of sp³-hybridized carbons (Fsp3) is 0.579. The predicted molar refractivity (Wildman–Crippen MR) is 103 cm³/mol. The molecule has 8 heteroatoms. The molecule has 0 saturated heterocycles. The van der Waals surface area contributed by atoms with Gasteiger partial charge in [0.1, 0.15) is 23.7 Å². The fourth-order valence-electron chi connectivity index (χ4n) is 1.97. The number of aliphatic hydroxyl groups excluding tert-OH is 1. The van der Waals surface area contributed by atoms with Crippen LogP contribution >= 0.6 is 11.6 Å². The van der Waals surface area contributed by atoms with E-state index in [1.807, 2.05) is 0 Å². The van der Waals surface area contributed by atoms with E-state index >= 15 is 0 Å². The molecule has 7 nitrogen and oxygen atoms in total. The number of carbonyl (C=O) groups excluding carboxylic acids is 2. The maximum atomic E-state index is 12.4. The third-order valence-electron chi connectivity index (χ3n) is 3.24. The van der Waals surface area contributed by atoms with Crippen molar-refractivity contribution in [3.05, 3.63) is 22.7 Å². The van der Waals surface area contributed by atoms with Gasteiger partial charge >= 0.3 is 5.97 Å². The zero-order valence-electron chi connectivity index (χ0n) is 16.8. The van der Waals surface area contributed by atoms with Gasteiger partial charge in [-0.1, -0.05) is 11.6 Å². The van der Waals surface area contributed by atoms with Crippen LogP contribution in [0.3, 0.4) is 0 Å². The van der Waals surface area contributed by atoms with Crippen molar-refractivity contribution < 1.29 is 28.9 Å². The minimum Gasteiger partial charge on any atom is -0.490 e. The summed E-state index contributed by atoms with van der Waals surface area (Å²) < 4.78 is 16.7. The highest BCUT2D eigenvalue weighted by molar-refractivity contribution is 6.32. The summed E-state index contributed by atoms with van der Waals surface area (Å²) >= 11 is 6.25. The molecule has 0 aliphatic rings. The van der Waals surface area contributed by atoms with E-state index in [2.05, 4.69) is 5.32 Å². The van der Waals surface area contributed by atoms with Gasteiger partial charge in [-0.25, -0.2) is 4.79 Å². The first kappa shape index (κ1) is 23.0. The molecule has 0 aliphatic heterocycles. The zero-order chi connectivity index (χ0) is 21.0. The summed E-state index contributed by atoms with van der Waals surface area (Å²) in [5.74, 6) is -0.640. The smallest absolute Gasteiger partial charge is 0.350 e. The van der Waals surface area contributed by atoms with Crippen LogP contribution in [0.25, 0.3) is 0 Å². The topological polar surface area (TPSA) is 94.1 Å². The first-order valence-corrected chi connectivity index (χ1v) is 8.93. The standard InChI is InChI=1S/C19H28ClNO6/c1-11(22)10-25-14-9-15(13(20)8-12(14)16(23)21-7)26-19(5,6)17(24)27-18(2,3)4/h8-9,11,22H,10H2,1-7H3,(H,21,23)/t11-/m0/s1. The summed E-state index contributed by atoms with van der Waals surface area (Å²) in [6.45, 7) is 9.91. The number of carbonyl (C=O) groups is 2. The molecule has 0 unspecified atom stereocenters. The molecule has 152 valence electrons. The predicted octanol–water partition coefficient (Wildman–Crippen LogP) is 2.96. The Bertz CT molecular complexity index is 694. The summed E-state index contributed by atoms with van der Waals surface area (Å²) in [5.41, 5.74) is -1.81. The highest BCUT2D eigenvalue weighted by atomic mass is 35.5. The van der Waals surface area contributed by atoms with Gasteiger partial charge < -0.3 is 24.6 Å². The van der Waals surface area contributed by atoms with Crippen LogP contribution in [0.1, 0.15) is 51.9 Å². The monoisotopic (exact) mass is 401 g/mol. The number of aliphatic hydroxyl groups is 1. The third-order valence-corrected chi connectivity index (χ3v) is 3.54. The molecule has 0 heterocycles. The molecule has 1 amide bonds. The number of esters is 1. The van der Waals surface area contributed by atoms with Gasteiger partial charge in [-0.05, 0) is 47.6 Å². The number of hydrogen-bond acceptors (Lipinski definition) is 6. The molecule has 0 radical (unpaired) electrons. The molecule has 0 bridgehead atoms. The van der Waals surface area contributed by atoms with Crippen molar-refractivity contribution in [2.75, 3.05) is 13.7 Å². The van der Waals surface area contributed by atoms with Crippen LogP contribution in [0.4, 0.5) is 0 Å². The molecule has 0 saturated carbocycles. The summed E-state index contributed by atoms with van der Waals surface area (Å²) in [6, 6.07) is 2.81. The van der Waals surface area contributed by atoms with E-state index in [0.717, 1.165) is 0 Å². The lowest BCUT2D eigenvalue weighted by molar-refractivity contribution is -0.170. The maximum Gasteiger partial charge on any atom is 0.350 e. The summed E-state index contributed by atoms with van der Waals surface area (Å²) in [5, 5.41) is 12.1. The van der Waals surface area contributed by atoms with Gasteiger partial charge in [0.25, 0.3) is 5.91 Å². The molecule has 2 N–H and O–H groups in total. The van der Waals surface area contributed by atoms with Crippen molar-refractivity contribution in [3.8, 4) is 11.5 Å². The molecule has 27 heavy (non-hydrogen) atoms. The molecule has 0 spiro atoms. The second-order valence-electron chi connectivity index (χ2n) is 7.63. The number of amides is 1. The van der Waals surface area contributed by atoms with E-state index in [4.69, 9.17) is 25.8 Å². The number of rotatable bonds is 7. The first-order chi connectivity index (χ1) is 12.3. The first-order valence-electron chi connectivity index (χ1n) is 8.56. The number of ether oxygens (including phenoxy) is 3. The van der Waals surface area contributed by atoms with Gasteiger partial charge in [-0.3, -0.25) is 4.79 Å². The molecule has 1 aromatic rings. The summed E-state index contributed by atoms with van der Waals surface area (Å²) in [6.07, 6.45) is -0.735. The Hall–Kier alpha value is -1.99. The van der Waals surface area contributed by atoms with Crippen molar-refractivity contribution in [2.45, 2.75) is 58.8 Å². The van der Waals surface area contributed by atoms with Crippen LogP contribution < -0.4 is 14.8 Å². The molecular weight excluding hydrogens is 374 g/mol. The number of nitrogens with one attached hydrogen (secondary N) is 1. The molecule has 0 aliphatic carbocycles.